The van der Waals surface area contributed by atoms with Crippen LogP contribution in [0.25, 0.3) is 16.7 Å². The molecule has 0 saturated carbocycles. The van der Waals surface area contributed by atoms with Crippen LogP contribution in [0.3, 0.4) is 0 Å². The van der Waals surface area contributed by atoms with E-state index in [1.807, 2.05) is 24.3 Å². The highest BCUT2D eigenvalue weighted by molar-refractivity contribution is 5.81. The summed E-state index contributed by atoms with van der Waals surface area (Å²) in [6, 6.07) is 9.41. The summed E-state index contributed by atoms with van der Waals surface area (Å²) >= 11 is 0. The van der Waals surface area contributed by atoms with Crippen molar-refractivity contribution in [1.82, 2.24) is 14.0 Å². The highest BCUT2D eigenvalue weighted by Gasteiger charge is 2.13. The maximum atomic E-state index is 12.4. The molecule has 1 aromatic carbocycles. The number of hydrogen-bond donors (Lipinski definition) is 0. The topological polar surface area (TPSA) is 63.1 Å². The van der Waals surface area contributed by atoms with Crippen molar-refractivity contribution in [1.29, 1.82) is 5.26 Å². The van der Waals surface area contributed by atoms with Crippen LogP contribution in [-0.2, 0) is 6.54 Å². The number of rotatable bonds is 2. The Labute approximate surface area is 108 Å². The van der Waals surface area contributed by atoms with E-state index in [0.29, 0.717) is 28.8 Å². The largest absolute Gasteiger partial charge is 0.334 e. The molecule has 3 aromatic rings. The number of aromatic nitrogens is 3. The number of allylic oxidation sites excluding steroid dienone is 1. The first-order chi connectivity index (χ1) is 9.26. The van der Waals surface area contributed by atoms with E-state index < -0.39 is 0 Å². The van der Waals surface area contributed by atoms with Gasteiger partial charge < -0.3 is 0 Å². The van der Waals surface area contributed by atoms with Crippen LogP contribution >= 0.6 is 0 Å². The molecule has 0 aliphatic carbocycles. The van der Waals surface area contributed by atoms with Crippen molar-refractivity contribution in [2.24, 2.45) is 0 Å². The molecule has 0 atom stereocenters. The first kappa shape index (κ1) is 11.2. The summed E-state index contributed by atoms with van der Waals surface area (Å²) in [6.07, 6.45) is 3.14. The second-order valence-corrected chi connectivity index (χ2v) is 4.14. The van der Waals surface area contributed by atoms with Crippen molar-refractivity contribution in [3.05, 3.63) is 59.2 Å². The predicted molar refractivity (Wildman–Crippen MR) is 71.9 cm³/mol. The van der Waals surface area contributed by atoms with E-state index in [1.165, 1.54) is 15.2 Å². The van der Waals surface area contributed by atoms with E-state index in [2.05, 4.69) is 17.6 Å². The summed E-state index contributed by atoms with van der Waals surface area (Å²) in [5, 5.41) is 9.20. The minimum Gasteiger partial charge on any atom is -0.295 e. The van der Waals surface area contributed by atoms with E-state index in [-0.39, 0.29) is 5.69 Å². The molecule has 0 unspecified atom stereocenters. The van der Waals surface area contributed by atoms with E-state index in [9.17, 15) is 10.1 Å². The van der Waals surface area contributed by atoms with Gasteiger partial charge in [0.25, 0.3) is 0 Å². The second kappa shape index (κ2) is 4.10. The van der Waals surface area contributed by atoms with Gasteiger partial charge in [-0.25, -0.2) is 14.2 Å². The van der Waals surface area contributed by atoms with Crippen LogP contribution in [0.1, 0.15) is 5.56 Å². The summed E-state index contributed by atoms with van der Waals surface area (Å²) in [6.45, 7) is 3.97. The number of para-hydroxylation sites is 2. The lowest BCUT2D eigenvalue weighted by atomic mass is 10.3. The minimum absolute atomic E-state index is 0.220. The third kappa shape index (κ3) is 1.54. The molecule has 0 amide bonds. The van der Waals surface area contributed by atoms with Crippen molar-refractivity contribution < 1.29 is 0 Å². The van der Waals surface area contributed by atoms with E-state index in [4.69, 9.17) is 0 Å². The number of imidazole rings is 1. The van der Waals surface area contributed by atoms with Crippen molar-refractivity contribution in [3.8, 4) is 6.07 Å². The predicted octanol–water partition coefficient (Wildman–Crippen LogP) is 1.71. The molecule has 0 saturated heterocycles. The van der Waals surface area contributed by atoms with Crippen LogP contribution in [0, 0.1) is 11.3 Å². The number of fused-ring (bicyclic) bond motifs is 3. The lowest BCUT2D eigenvalue weighted by Gasteiger charge is -2.04. The van der Waals surface area contributed by atoms with Crippen LogP contribution in [0.2, 0.25) is 0 Å². The average molecular weight is 250 g/mol. The number of hydrogen-bond acceptors (Lipinski definition) is 3. The van der Waals surface area contributed by atoms with Gasteiger partial charge in [-0.1, -0.05) is 18.2 Å². The monoisotopic (exact) mass is 250 g/mol. The second-order valence-electron chi connectivity index (χ2n) is 4.14. The molecule has 92 valence electrons. The minimum atomic E-state index is -0.220. The number of nitriles is 1. The van der Waals surface area contributed by atoms with Crippen molar-refractivity contribution >= 4 is 16.7 Å². The molecular weight excluding hydrogens is 240 g/mol. The SMILES string of the molecule is C=CCn1cc(C#N)c2nc3ccccc3n2c1=O. The van der Waals surface area contributed by atoms with E-state index in [1.54, 1.807) is 6.08 Å². The van der Waals surface area contributed by atoms with Crippen LogP contribution in [0.4, 0.5) is 0 Å². The Morgan fingerprint density at radius 3 is 2.95 bits per heavy atom. The molecule has 2 aromatic heterocycles. The lowest BCUT2D eigenvalue weighted by molar-refractivity contribution is 0.733. The first-order valence-electron chi connectivity index (χ1n) is 5.78. The highest BCUT2D eigenvalue weighted by atomic mass is 16.1. The quantitative estimate of drug-likeness (QED) is 0.650. The van der Waals surface area contributed by atoms with Crippen LogP contribution < -0.4 is 5.69 Å². The molecule has 0 bridgehead atoms. The first-order valence-corrected chi connectivity index (χ1v) is 5.78. The Hall–Kier alpha value is -2.87. The summed E-state index contributed by atoms with van der Waals surface area (Å²) in [5.41, 5.74) is 1.96. The Morgan fingerprint density at radius 2 is 2.21 bits per heavy atom. The van der Waals surface area contributed by atoms with E-state index in [0.717, 1.165) is 0 Å². The van der Waals surface area contributed by atoms with Gasteiger partial charge in [-0.2, -0.15) is 5.26 Å². The lowest BCUT2D eigenvalue weighted by Crippen LogP contribution is -2.26. The van der Waals surface area contributed by atoms with Crippen molar-refractivity contribution in [2.45, 2.75) is 6.54 Å². The normalized spacial score (nSPS) is 10.7. The maximum Gasteiger partial charge on any atom is 0.334 e. The summed E-state index contributed by atoms with van der Waals surface area (Å²) in [7, 11) is 0. The fourth-order valence-corrected chi connectivity index (χ4v) is 2.15. The molecule has 0 fully saturated rings. The molecule has 2 heterocycles. The van der Waals surface area contributed by atoms with Gasteiger partial charge in [-0.15, -0.1) is 6.58 Å². The van der Waals surface area contributed by atoms with Gasteiger partial charge in [-0.3, -0.25) is 4.57 Å². The van der Waals surface area contributed by atoms with E-state index >= 15 is 0 Å². The van der Waals surface area contributed by atoms with Gasteiger partial charge >= 0.3 is 5.69 Å². The van der Waals surface area contributed by atoms with Gasteiger partial charge in [-0.05, 0) is 12.1 Å². The molecule has 0 aliphatic rings. The summed E-state index contributed by atoms with van der Waals surface area (Å²) < 4.78 is 2.92. The fraction of sp³-hybridized carbons (Fsp3) is 0.0714. The van der Waals surface area contributed by atoms with Crippen molar-refractivity contribution in [2.75, 3.05) is 0 Å². The molecule has 5 heteroatoms. The molecule has 0 aliphatic heterocycles. The zero-order valence-corrected chi connectivity index (χ0v) is 10.1. The zero-order chi connectivity index (χ0) is 13.4. The van der Waals surface area contributed by atoms with Gasteiger partial charge in [0.2, 0.25) is 0 Å². The average Bonchev–Trinajstić information content (AvgIpc) is 2.82. The Balaban J connectivity index is 2.57. The molecule has 0 spiro atoms. The van der Waals surface area contributed by atoms with Gasteiger partial charge in [0.1, 0.15) is 11.6 Å². The zero-order valence-electron chi connectivity index (χ0n) is 10.1. The Morgan fingerprint density at radius 1 is 1.42 bits per heavy atom. The molecule has 19 heavy (non-hydrogen) atoms. The summed E-state index contributed by atoms with van der Waals surface area (Å²) in [5.74, 6) is 0. The van der Waals surface area contributed by atoms with Gasteiger partial charge in [0, 0.05) is 12.7 Å². The third-order valence-electron chi connectivity index (χ3n) is 2.97. The van der Waals surface area contributed by atoms with Crippen LogP contribution in [-0.4, -0.2) is 14.0 Å². The third-order valence-corrected chi connectivity index (χ3v) is 2.97. The standard InChI is InChI=1S/C14H10N4O/c1-2-7-17-9-10(8-15)13-16-11-5-3-4-6-12(11)18(13)14(17)19/h2-6,9H,1,7H2. The smallest absolute Gasteiger partial charge is 0.295 e. The van der Waals surface area contributed by atoms with Crippen LogP contribution in [0.15, 0.2) is 47.9 Å². The molecule has 0 radical (unpaired) electrons. The molecular formula is C14H10N4O. The van der Waals surface area contributed by atoms with Gasteiger partial charge in [0.15, 0.2) is 5.65 Å². The molecule has 0 N–H and O–H groups in total. The van der Waals surface area contributed by atoms with Gasteiger partial charge in [0.05, 0.1) is 11.0 Å². The fourth-order valence-electron chi connectivity index (χ4n) is 2.15. The summed E-state index contributed by atoms with van der Waals surface area (Å²) in [4.78, 5) is 16.7. The maximum absolute atomic E-state index is 12.4. The Bertz CT molecular complexity index is 895. The highest BCUT2D eigenvalue weighted by Crippen LogP contribution is 2.16. The number of nitrogens with zero attached hydrogens (tertiary/aromatic N) is 4. The Kier molecular flexibility index (Phi) is 2.43. The van der Waals surface area contributed by atoms with Crippen LogP contribution in [0.5, 0.6) is 0 Å². The molecule has 5 nitrogen and oxygen atoms in total. The van der Waals surface area contributed by atoms with Crippen molar-refractivity contribution in [3.63, 3.8) is 0 Å². The molecule has 3 rings (SSSR count). The number of benzene rings is 1.